The lowest BCUT2D eigenvalue weighted by molar-refractivity contribution is -0.113. The van der Waals surface area contributed by atoms with Crippen molar-refractivity contribution in [1.29, 1.82) is 0 Å². The SMILES string of the molecule is CNC1CCN(c2ccc(NC(=O)CCl)cc2)C1. The Morgan fingerprint density at radius 2 is 2.17 bits per heavy atom. The number of rotatable bonds is 4. The fourth-order valence-corrected chi connectivity index (χ4v) is 2.25. The molecule has 2 N–H and O–H groups in total. The molecular formula is C13H18ClN3O. The number of alkyl halides is 1. The summed E-state index contributed by atoms with van der Waals surface area (Å²) in [6.07, 6.45) is 1.17. The molecule has 18 heavy (non-hydrogen) atoms. The van der Waals surface area contributed by atoms with Crippen LogP contribution in [0.15, 0.2) is 24.3 Å². The highest BCUT2D eigenvalue weighted by Gasteiger charge is 2.20. The summed E-state index contributed by atoms with van der Waals surface area (Å²) in [6.45, 7) is 2.10. The third-order valence-electron chi connectivity index (χ3n) is 3.23. The van der Waals surface area contributed by atoms with Crippen LogP contribution in [0, 0.1) is 0 Å². The smallest absolute Gasteiger partial charge is 0.239 e. The molecule has 0 bridgehead atoms. The minimum absolute atomic E-state index is 0.0161. The molecule has 0 radical (unpaired) electrons. The van der Waals surface area contributed by atoms with E-state index >= 15 is 0 Å². The molecule has 2 rings (SSSR count). The molecule has 1 fully saturated rings. The first-order chi connectivity index (χ1) is 8.72. The van der Waals surface area contributed by atoms with Gasteiger partial charge in [-0.05, 0) is 37.7 Å². The van der Waals surface area contributed by atoms with Crippen LogP contribution in [-0.2, 0) is 4.79 Å². The lowest BCUT2D eigenvalue weighted by atomic mass is 10.2. The zero-order chi connectivity index (χ0) is 13.0. The van der Waals surface area contributed by atoms with Crippen molar-refractivity contribution in [3.05, 3.63) is 24.3 Å². The van der Waals surface area contributed by atoms with Gasteiger partial charge in [0.05, 0.1) is 0 Å². The van der Waals surface area contributed by atoms with Crippen LogP contribution in [0.2, 0.25) is 0 Å². The van der Waals surface area contributed by atoms with E-state index in [1.165, 1.54) is 12.1 Å². The average Bonchev–Trinajstić information content (AvgIpc) is 2.88. The fourth-order valence-electron chi connectivity index (χ4n) is 2.18. The van der Waals surface area contributed by atoms with Gasteiger partial charge in [0, 0.05) is 30.5 Å². The van der Waals surface area contributed by atoms with Crippen molar-refractivity contribution in [3.8, 4) is 0 Å². The normalized spacial score (nSPS) is 19.0. The van der Waals surface area contributed by atoms with Crippen molar-refractivity contribution in [2.75, 3.05) is 36.2 Å². The highest BCUT2D eigenvalue weighted by molar-refractivity contribution is 6.29. The highest BCUT2D eigenvalue weighted by Crippen LogP contribution is 2.22. The van der Waals surface area contributed by atoms with E-state index in [0.29, 0.717) is 6.04 Å². The molecule has 1 aliphatic heterocycles. The second-order valence-electron chi connectivity index (χ2n) is 4.45. The molecule has 1 aromatic carbocycles. The quantitative estimate of drug-likeness (QED) is 0.816. The fraction of sp³-hybridized carbons (Fsp3) is 0.462. The third kappa shape index (κ3) is 3.15. The highest BCUT2D eigenvalue weighted by atomic mass is 35.5. The molecule has 1 unspecified atom stereocenters. The van der Waals surface area contributed by atoms with E-state index in [-0.39, 0.29) is 11.8 Å². The van der Waals surface area contributed by atoms with Crippen molar-refractivity contribution >= 4 is 28.9 Å². The first-order valence-electron chi connectivity index (χ1n) is 6.11. The molecule has 0 saturated carbocycles. The second kappa shape index (κ2) is 6.07. The van der Waals surface area contributed by atoms with E-state index in [1.807, 2.05) is 31.3 Å². The number of halogens is 1. The van der Waals surface area contributed by atoms with Gasteiger partial charge in [-0.25, -0.2) is 0 Å². The van der Waals surface area contributed by atoms with Gasteiger partial charge in [0.25, 0.3) is 0 Å². The number of anilines is 2. The van der Waals surface area contributed by atoms with Crippen LogP contribution >= 0.6 is 11.6 Å². The maximum absolute atomic E-state index is 11.1. The Bertz CT molecular complexity index is 407. The van der Waals surface area contributed by atoms with Crippen molar-refractivity contribution in [2.45, 2.75) is 12.5 Å². The van der Waals surface area contributed by atoms with E-state index in [9.17, 15) is 4.79 Å². The van der Waals surface area contributed by atoms with Gasteiger partial charge in [-0.1, -0.05) is 0 Å². The minimum Gasteiger partial charge on any atom is -0.370 e. The van der Waals surface area contributed by atoms with Gasteiger partial charge in [-0.2, -0.15) is 0 Å². The first-order valence-corrected chi connectivity index (χ1v) is 6.64. The Morgan fingerprint density at radius 1 is 1.44 bits per heavy atom. The maximum atomic E-state index is 11.1. The van der Waals surface area contributed by atoms with Gasteiger partial charge in [-0.15, -0.1) is 11.6 Å². The topological polar surface area (TPSA) is 44.4 Å². The Balaban J connectivity index is 1.97. The zero-order valence-electron chi connectivity index (χ0n) is 10.4. The summed E-state index contributed by atoms with van der Waals surface area (Å²) in [5.41, 5.74) is 1.98. The molecule has 1 saturated heterocycles. The third-order valence-corrected chi connectivity index (χ3v) is 3.48. The number of carbonyl (C=O) groups excluding carboxylic acids is 1. The molecule has 0 aromatic heterocycles. The van der Waals surface area contributed by atoms with E-state index in [1.54, 1.807) is 0 Å². The lowest BCUT2D eigenvalue weighted by Gasteiger charge is -2.19. The molecule has 0 spiro atoms. The number of nitrogens with zero attached hydrogens (tertiary/aromatic N) is 1. The maximum Gasteiger partial charge on any atom is 0.239 e. The van der Waals surface area contributed by atoms with E-state index < -0.39 is 0 Å². The van der Waals surface area contributed by atoms with Crippen molar-refractivity contribution in [1.82, 2.24) is 5.32 Å². The molecular weight excluding hydrogens is 250 g/mol. The zero-order valence-corrected chi connectivity index (χ0v) is 11.2. The van der Waals surface area contributed by atoms with Gasteiger partial charge in [0.15, 0.2) is 0 Å². The number of hydrogen-bond donors (Lipinski definition) is 2. The van der Waals surface area contributed by atoms with E-state index in [0.717, 1.165) is 18.8 Å². The van der Waals surface area contributed by atoms with Gasteiger partial charge < -0.3 is 15.5 Å². The van der Waals surface area contributed by atoms with Gasteiger partial charge >= 0.3 is 0 Å². The predicted octanol–water partition coefficient (Wildman–Crippen LogP) is 1.66. The standard InChI is InChI=1S/C13H18ClN3O/c1-15-11-6-7-17(9-11)12-4-2-10(3-5-12)16-13(18)8-14/h2-5,11,15H,6-9H2,1H3,(H,16,18). The number of carbonyl (C=O) groups is 1. The van der Waals surface area contributed by atoms with Crippen molar-refractivity contribution < 1.29 is 4.79 Å². The number of likely N-dealkylation sites (N-methyl/N-ethyl adjacent to an activating group) is 1. The van der Waals surface area contributed by atoms with Crippen LogP contribution in [0.3, 0.4) is 0 Å². The Hall–Kier alpha value is -1.26. The summed E-state index contributed by atoms with van der Waals surface area (Å²) in [6, 6.07) is 8.45. The average molecular weight is 268 g/mol. The molecule has 0 aliphatic carbocycles. The van der Waals surface area contributed by atoms with Gasteiger partial charge in [0.2, 0.25) is 5.91 Å². The van der Waals surface area contributed by atoms with Crippen LogP contribution in [0.4, 0.5) is 11.4 Å². The van der Waals surface area contributed by atoms with Crippen LogP contribution in [-0.4, -0.2) is 38.0 Å². The van der Waals surface area contributed by atoms with Crippen LogP contribution in [0.1, 0.15) is 6.42 Å². The lowest BCUT2D eigenvalue weighted by Crippen LogP contribution is -2.29. The number of nitrogens with one attached hydrogen (secondary N) is 2. The van der Waals surface area contributed by atoms with E-state index in [4.69, 9.17) is 11.6 Å². The molecule has 98 valence electrons. The monoisotopic (exact) mass is 267 g/mol. The van der Waals surface area contributed by atoms with Crippen molar-refractivity contribution in [3.63, 3.8) is 0 Å². The van der Waals surface area contributed by atoms with Crippen LogP contribution in [0.5, 0.6) is 0 Å². The molecule has 1 amide bonds. The minimum atomic E-state index is -0.180. The van der Waals surface area contributed by atoms with E-state index in [2.05, 4.69) is 15.5 Å². The largest absolute Gasteiger partial charge is 0.370 e. The Kier molecular flexibility index (Phi) is 4.44. The van der Waals surface area contributed by atoms with Crippen LogP contribution in [0.25, 0.3) is 0 Å². The second-order valence-corrected chi connectivity index (χ2v) is 4.72. The Morgan fingerprint density at radius 3 is 2.72 bits per heavy atom. The molecule has 1 aliphatic rings. The van der Waals surface area contributed by atoms with Crippen molar-refractivity contribution in [2.24, 2.45) is 0 Å². The molecule has 4 nitrogen and oxygen atoms in total. The van der Waals surface area contributed by atoms with Gasteiger partial charge in [0.1, 0.15) is 5.88 Å². The number of benzene rings is 1. The van der Waals surface area contributed by atoms with Crippen LogP contribution < -0.4 is 15.5 Å². The summed E-state index contributed by atoms with van der Waals surface area (Å²) in [5, 5.41) is 6.02. The first kappa shape index (κ1) is 13.2. The molecule has 1 heterocycles. The summed E-state index contributed by atoms with van der Waals surface area (Å²) in [5.74, 6) is -0.196. The molecule has 1 atom stereocenters. The molecule has 5 heteroatoms. The summed E-state index contributed by atoms with van der Waals surface area (Å²) in [4.78, 5) is 13.5. The Labute approximate surface area is 112 Å². The summed E-state index contributed by atoms with van der Waals surface area (Å²) in [7, 11) is 2.00. The predicted molar refractivity (Wildman–Crippen MR) is 75.5 cm³/mol. The number of hydrogen-bond acceptors (Lipinski definition) is 3. The molecule has 1 aromatic rings. The summed E-state index contributed by atoms with van der Waals surface area (Å²) >= 11 is 5.44. The number of amides is 1. The summed E-state index contributed by atoms with van der Waals surface area (Å²) < 4.78 is 0. The van der Waals surface area contributed by atoms with Gasteiger partial charge in [-0.3, -0.25) is 4.79 Å².